The van der Waals surface area contributed by atoms with Crippen molar-refractivity contribution in [1.29, 1.82) is 0 Å². The summed E-state index contributed by atoms with van der Waals surface area (Å²) in [4.78, 5) is 12.1. The highest BCUT2D eigenvalue weighted by molar-refractivity contribution is 5.75. The van der Waals surface area contributed by atoms with Crippen LogP contribution in [0, 0.1) is 0 Å². The van der Waals surface area contributed by atoms with Crippen LogP contribution >= 0.6 is 0 Å². The van der Waals surface area contributed by atoms with Crippen LogP contribution in [0.5, 0.6) is 11.5 Å². The van der Waals surface area contributed by atoms with Gasteiger partial charge >= 0.3 is 18.1 Å². The molecule has 1 heterocycles. The summed E-state index contributed by atoms with van der Waals surface area (Å²) in [5.74, 6) is -3.33. The number of fused-ring (bicyclic) bond motifs is 1. The van der Waals surface area contributed by atoms with Gasteiger partial charge in [0, 0.05) is 6.04 Å². The van der Waals surface area contributed by atoms with E-state index in [1.807, 2.05) is 5.32 Å². The maximum Gasteiger partial charge on any atom is 0.492 e. The van der Waals surface area contributed by atoms with Crippen molar-refractivity contribution in [3.05, 3.63) is 24.3 Å². The molecular formula is C16H19F3N2O3. The van der Waals surface area contributed by atoms with E-state index in [4.69, 9.17) is 9.47 Å². The van der Waals surface area contributed by atoms with E-state index >= 15 is 0 Å². The third-order valence-electron chi connectivity index (χ3n) is 4.20. The number of hydrogen-bond acceptors (Lipinski definition) is 3. The molecule has 2 N–H and O–H groups in total. The zero-order valence-corrected chi connectivity index (χ0v) is 13.0. The Morgan fingerprint density at radius 2 is 1.58 bits per heavy atom. The van der Waals surface area contributed by atoms with Crippen LogP contribution in [0.4, 0.5) is 18.0 Å². The molecular weight excluding hydrogens is 325 g/mol. The molecule has 2 aliphatic rings. The maximum atomic E-state index is 13.5. The number of para-hydroxylation sites is 2. The van der Waals surface area contributed by atoms with Gasteiger partial charge < -0.3 is 14.8 Å². The van der Waals surface area contributed by atoms with Crippen molar-refractivity contribution in [3.63, 3.8) is 0 Å². The molecule has 1 aliphatic heterocycles. The third-order valence-corrected chi connectivity index (χ3v) is 4.20. The van der Waals surface area contributed by atoms with Crippen LogP contribution in [0.1, 0.15) is 38.5 Å². The zero-order chi connectivity index (χ0) is 17.2. The minimum atomic E-state index is -4.94. The second kappa shape index (κ2) is 6.41. The Bertz CT molecular complexity index is 573. The summed E-state index contributed by atoms with van der Waals surface area (Å²) < 4.78 is 50.3. The summed E-state index contributed by atoms with van der Waals surface area (Å²) in [5.41, 5.74) is 0. The van der Waals surface area contributed by atoms with E-state index < -0.39 is 18.1 Å². The van der Waals surface area contributed by atoms with Gasteiger partial charge in [0.05, 0.1) is 0 Å². The van der Waals surface area contributed by atoms with Crippen molar-refractivity contribution < 1.29 is 27.4 Å². The summed E-state index contributed by atoms with van der Waals surface area (Å²) in [7, 11) is 0. The number of rotatable bonds is 2. The minimum Gasteiger partial charge on any atom is -0.424 e. The lowest BCUT2D eigenvalue weighted by molar-refractivity contribution is -0.317. The van der Waals surface area contributed by atoms with Gasteiger partial charge in [-0.2, -0.15) is 13.2 Å². The summed E-state index contributed by atoms with van der Waals surface area (Å²) in [6, 6.07) is 4.68. The number of urea groups is 1. The average Bonchev–Trinajstić information content (AvgIpc) is 2.70. The first-order valence-corrected chi connectivity index (χ1v) is 8.02. The normalized spacial score (nSPS) is 20.3. The van der Waals surface area contributed by atoms with E-state index in [0.29, 0.717) is 0 Å². The van der Waals surface area contributed by atoms with Crippen molar-refractivity contribution in [3.8, 4) is 11.5 Å². The number of ether oxygens (including phenoxy) is 2. The fourth-order valence-corrected chi connectivity index (χ4v) is 2.98. The fraction of sp³-hybridized carbons (Fsp3) is 0.562. The number of halogens is 3. The van der Waals surface area contributed by atoms with Crippen LogP contribution in [0.3, 0.4) is 0 Å². The van der Waals surface area contributed by atoms with E-state index in [1.54, 1.807) is 0 Å². The predicted molar refractivity (Wildman–Crippen MR) is 79.6 cm³/mol. The lowest BCUT2D eigenvalue weighted by Crippen LogP contribution is -2.66. The molecule has 3 rings (SSSR count). The molecule has 24 heavy (non-hydrogen) atoms. The molecule has 0 bridgehead atoms. The smallest absolute Gasteiger partial charge is 0.424 e. The van der Waals surface area contributed by atoms with Crippen molar-refractivity contribution in [2.45, 2.75) is 56.7 Å². The monoisotopic (exact) mass is 344 g/mol. The number of carbonyl (C=O) groups is 1. The first-order valence-electron chi connectivity index (χ1n) is 8.02. The van der Waals surface area contributed by atoms with Gasteiger partial charge in [-0.25, -0.2) is 4.79 Å². The molecule has 0 saturated heterocycles. The molecule has 0 atom stereocenters. The molecule has 1 fully saturated rings. The number of benzene rings is 1. The summed E-state index contributed by atoms with van der Waals surface area (Å²) in [6.07, 6.45) is 0.638. The summed E-state index contributed by atoms with van der Waals surface area (Å²) in [5, 5.41) is 4.43. The molecule has 5 nitrogen and oxygen atoms in total. The molecule has 1 aliphatic carbocycles. The Balaban J connectivity index is 1.71. The molecule has 0 radical (unpaired) electrons. The largest absolute Gasteiger partial charge is 0.492 e. The highest BCUT2D eigenvalue weighted by Gasteiger charge is 2.65. The van der Waals surface area contributed by atoms with Crippen LogP contribution in [0.2, 0.25) is 0 Å². The van der Waals surface area contributed by atoms with Gasteiger partial charge in [-0.1, -0.05) is 37.8 Å². The van der Waals surface area contributed by atoms with Gasteiger partial charge in [0.25, 0.3) is 0 Å². The van der Waals surface area contributed by atoms with Crippen molar-refractivity contribution in [2.24, 2.45) is 0 Å². The van der Waals surface area contributed by atoms with Crippen LogP contribution in [0.15, 0.2) is 24.3 Å². The van der Waals surface area contributed by atoms with Gasteiger partial charge in [0.1, 0.15) is 0 Å². The minimum absolute atomic E-state index is 0.0652. The molecule has 1 aromatic carbocycles. The van der Waals surface area contributed by atoms with Crippen LogP contribution in [-0.2, 0) is 0 Å². The first kappa shape index (κ1) is 16.7. The van der Waals surface area contributed by atoms with Gasteiger partial charge in [0.2, 0.25) is 0 Å². The van der Waals surface area contributed by atoms with E-state index in [9.17, 15) is 18.0 Å². The first-order chi connectivity index (χ1) is 11.4. The maximum absolute atomic E-state index is 13.5. The second-order valence-electron chi connectivity index (χ2n) is 6.05. The Morgan fingerprint density at radius 3 is 2.08 bits per heavy atom. The highest BCUT2D eigenvalue weighted by Crippen LogP contribution is 2.44. The Hall–Kier alpha value is -2.12. The number of amides is 2. The molecule has 1 saturated carbocycles. The molecule has 0 aromatic heterocycles. The number of carbonyl (C=O) groups excluding carboxylic acids is 1. The SMILES string of the molecule is O=C(NC1CCCCCC1)NC1(C(F)(F)F)Oc2ccccc2O1. The molecule has 0 unspecified atom stereocenters. The fourth-order valence-electron chi connectivity index (χ4n) is 2.98. The molecule has 132 valence electrons. The van der Waals surface area contributed by atoms with Crippen LogP contribution in [-0.4, -0.2) is 24.2 Å². The van der Waals surface area contributed by atoms with E-state index in [2.05, 4.69) is 5.32 Å². The van der Waals surface area contributed by atoms with E-state index in [-0.39, 0.29) is 17.5 Å². The second-order valence-corrected chi connectivity index (χ2v) is 6.05. The van der Waals surface area contributed by atoms with Crippen molar-refractivity contribution >= 4 is 6.03 Å². The van der Waals surface area contributed by atoms with Gasteiger partial charge in [-0.3, -0.25) is 5.32 Å². The quantitative estimate of drug-likeness (QED) is 0.805. The Labute approximate surface area is 137 Å². The van der Waals surface area contributed by atoms with Gasteiger partial charge in [-0.15, -0.1) is 0 Å². The van der Waals surface area contributed by atoms with Crippen LogP contribution < -0.4 is 20.1 Å². The number of hydrogen-bond donors (Lipinski definition) is 2. The lowest BCUT2D eigenvalue weighted by Gasteiger charge is -2.30. The molecule has 1 aromatic rings. The molecule has 8 heteroatoms. The number of nitrogens with one attached hydrogen (secondary N) is 2. The highest BCUT2D eigenvalue weighted by atomic mass is 19.4. The summed E-state index contributed by atoms with van der Waals surface area (Å²) >= 11 is 0. The van der Waals surface area contributed by atoms with Crippen LogP contribution in [0.25, 0.3) is 0 Å². The number of alkyl halides is 3. The lowest BCUT2D eigenvalue weighted by atomic mass is 10.1. The standard InChI is InChI=1S/C16H19F3N2O3/c17-15(18,19)16(23-12-9-5-6-10-13(12)24-16)21-14(22)20-11-7-3-1-2-4-8-11/h5-6,9-11H,1-4,7-8H2,(H2,20,21,22). The Morgan fingerprint density at radius 1 is 1.04 bits per heavy atom. The molecule has 2 amide bonds. The third kappa shape index (κ3) is 3.37. The van der Waals surface area contributed by atoms with Crippen molar-refractivity contribution in [1.82, 2.24) is 10.6 Å². The zero-order valence-electron chi connectivity index (χ0n) is 13.0. The van der Waals surface area contributed by atoms with E-state index in [1.165, 1.54) is 24.3 Å². The topological polar surface area (TPSA) is 59.6 Å². The van der Waals surface area contributed by atoms with Gasteiger partial charge in [0.15, 0.2) is 11.5 Å². The average molecular weight is 344 g/mol. The van der Waals surface area contributed by atoms with Gasteiger partial charge in [-0.05, 0) is 25.0 Å². The predicted octanol–water partition coefficient (Wildman–Crippen LogP) is 3.70. The van der Waals surface area contributed by atoms with E-state index in [0.717, 1.165) is 38.5 Å². The summed E-state index contributed by atoms with van der Waals surface area (Å²) in [6.45, 7) is 0. The molecule has 0 spiro atoms. The van der Waals surface area contributed by atoms with Crippen molar-refractivity contribution in [2.75, 3.05) is 0 Å². The Kier molecular flexibility index (Phi) is 4.47.